The van der Waals surface area contributed by atoms with E-state index < -0.39 is 4.92 Å². The number of ether oxygens (including phenoxy) is 1. The maximum atomic E-state index is 11.9. The summed E-state index contributed by atoms with van der Waals surface area (Å²) in [5.41, 5.74) is 1.34. The van der Waals surface area contributed by atoms with Crippen molar-refractivity contribution >= 4 is 17.2 Å². The van der Waals surface area contributed by atoms with Gasteiger partial charge in [0.25, 0.3) is 5.69 Å². The molecule has 1 fully saturated rings. The molecule has 0 amide bonds. The van der Waals surface area contributed by atoms with Crippen LogP contribution in [0.2, 0.25) is 0 Å². The van der Waals surface area contributed by atoms with Gasteiger partial charge in [0, 0.05) is 24.3 Å². The zero-order chi connectivity index (χ0) is 15.2. The standard InChI is InChI=1S/C15H18N2O4/c1-21-15-9-12(17(19)20)7-8-13(15)16-10-11-5-3-2-4-6-14(11)18/h7-10,16H,2-6H2,1H3/b11-10+. The van der Waals surface area contributed by atoms with Crippen LogP contribution in [0, 0.1) is 10.1 Å². The van der Waals surface area contributed by atoms with Crippen LogP contribution in [0.5, 0.6) is 5.75 Å². The molecule has 0 spiro atoms. The lowest BCUT2D eigenvalue weighted by atomic mass is 10.1. The first-order valence-corrected chi connectivity index (χ1v) is 6.93. The molecule has 1 saturated carbocycles. The zero-order valence-corrected chi connectivity index (χ0v) is 11.9. The summed E-state index contributed by atoms with van der Waals surface area (Å²) in [6, 6.07) is 4.34. The molecule has 21 heavy (non-hydrogen) atoms. The number of nitro benzene ring substituents is 1. The molecule has 1 aliphatic carbocycles. The second kappa shape index (κ2) is 6.88. The fourth-order valence-electron chi connectivity index (χ4n) is 2.31. The zero-order valence-electron chi connectivity index (χ0n) is 11.9. The number of hydrogen-bond acceptors (Lipinski definition) is 5. The van der Waals surface area contributed by atoms with Crippen molar-refractivity contribution in [1.82, 2.24) is 0 Å². The van der Waals surface area contributed by atoms with Crippen molar-refractivity contribution in [2.24, 2.45) is 0 Å². The van der Waals surface area contributed by atoms with Gasteiger partial charge in [-0.15, -0.1) is 0 Å². The van der Waals surface area contributed by atoms with Crippen LogP contribution in [0.4, 0.5) is 11.4 Å². The Balaban J connectivity index is 2.18. The van der Waals surface area contributed by atoms with Gasteiger partial charge in [0.15, 0.2) is 5.78 Å². The van der Waals surface area contributed by atoms with Crippen LogP contribution in [-0.2, 0) is 4.79 Å². The van der Waals surface area contributed by atoms with Gasteiger partial charge in [-0.1, -0.05) is 6.42 Å². The van der Waals surface area contributed by atoms with E-state index in [9.17, 15) is 14.9 Å². The molecule has 6 nitrogen and oxygen atoms in total. The van der Waals surface area contributed by atoms with E-state index in [-0.39, 0.29) is 11.5 Å². The van der Waals surface area contributed by atoms with Gasteiger partial charge >= 0.3 is 0 Å². The summed E-state index contributed by atoms with van der Waals surface area (Å²) in [7, 11) is 1.45. The SMILES string of the molecule is COc1cc([N+](=O)[O-])ccc1N/C=C1\CCCCCC1=O. The third kappa shape index (κ3) is 3.81. The van der Waals surface area contributed by atoms with Crippen molar-refractivity contribution < 1.29 is 14.5 Å². The van der Waals surface area contributed by atoms with Gasteiger partial charge in [-0.25, -0.2) is 0 Å². The number of carbonyl (C=O) groups is 1. The quantitative estimate of drug-likeness (QED) is 0.397. The molecule has 112 valence electrons. The number of nitrogens with zero attached hydrogens (tertiary/aromatic N) is 1. The lowest BCUT2D eigenvalue weighted by Gasteiger charge is -2.09. The van der Waals surface area contributed by atoms with E-state index in [1.807, 2.05) is 0 Å². The minimum atomic E-state index is -0.473. The van der Waals surface area contributed by atoms with Gasteiger partial charge < -0.3 is 10.1 Å². The molecule has 6 heteroatoms. The minimum absolute atomic E-state index is 0.0319. The number of Topliss-reactive ketones (excluding diaryl/α,β-unsaturated/α-hetero) is 1. The van der Waals surface area contributed by atoms with Crippen molar-refractivity contribution in [3.8, 4) is 5.75 Å². The molecule has 0 aliphatic heterocycles. The summed E-state index contributed by atoms with van der Waals surface area (Å²) in [6.07, 6.45) is 6.07. The number of carbonyl (C=O) groups excluding carboxylic acids is 1. The molecule has 0 atom stereocenters. The number of benzene rings is 1. The molecule has 0 radical (unpaired) electrons. The summed E-state index contributed by atoms with van der Waals surface area (Å²) in [5.74, 6) is 0.544. The molecule has 0 aromatic heterocycles. The molecule has 1 aromatic carbocycles. The maximum absolute atomic E-state index is 11.9. The van der Waals surface area contributed by atoms with E-state index in [0.29, 0.717) is 17.9 Å². The van der Waals surface area contributed by atoms with E-state index >= 15 is 0 Å². The van der Waals surface area contributed by atoms with E-state index in [0.717, 1.165) is 31.3 Å². The normalized spacial score (nSPS) is 17.4. The van der Waals surface area contributed by atoms with Crippen molar-refractivity contribution in [2.45, 2.75) is 32.1 Å². The third-order valence-corrected chi connectivity index (χ3v) is 3.51. The van der Waals surface area contributed by atoms with Crippen molar-refractivity contribution in [3.05, 3.63) is 40.1 Å². The van der Waals surface area contributed by atoms with Gasteiger partial charge in [-0.2, -0.15) is 0 Å². The Bertz CT molecular complexity index is 581. The first kappa shape index (κ1) is 15.0. The number of ketones is 1. The number of allylic oxidation sites excluding steroid dienone is 1. The van der Waals surface area contributed by atoms with Gasteiger partial charge in [0.05, 0.1) is 23.8 Å². The minimum Gasteiger partial charge on any atom is -0.494 e. The van der Waals surface area contributed by atoms with Crippen molar-refractivity contribution in [3.63, 3.8) is 0 Å². The number of nitrogens with one attached hydrogen (secondary N) is 1. The number of hydrogen-bond donors (Lipinski definition) is 1. The van der Waals surface area contributed by atoms with Crippen LogP contribution < -0.4 is 10.1 Å². The number of rotatable bonds is 4. The smallest absolute Gasteiger partial charge is 0.273 e. The van der Waals surface area contributed by atoms with Crippen molar-refractivity contribution in [1.29, 1.82) is 0 Å². The molecule has 1 N–H and O–H groups in total. The average Bonchev–Trinajstić information content (AvgIpc) is 2.69. The molecule has 2 rings (SSSR count). The molecule has 0 heterocycles. The highest BCUT2D eigenvalue weighted by molar-refractivity contribution is 5.95. The highest BCUT2D eigenvalue weighted by atomic mass is 16.6. The van der Waals surface area contributed by atoms with Crippen LogP contribution in [0.25, 0.3) is 0 Å². The first-order chi connectivity index (χ1) is 10.1. The Morgan fingerprint density at radius 1 is 1.29 bits per heavy atom. The number of non-ortho nitro benzene ring substituents is 1. The molecule has 1 aromatic rings. The fraction of sp³-hybridized carbons (Fsp3) is 0.400. The Hall–Kier alpha value is -2.37. The van der Waals surface area contributed by atoms with Crippen LogP contribution >= 0.6 is 0 Å². The fourth-order valence-corrected chi connectivity index (χ4v) is 2.31. The molecule has 0 bridgehead atoms. The number of methoxy groups -OCH3 is 1. The highest BCUT2D eigenvalue weighted by Crippen LogP contribution is 2.29. The highest BCUT2D eigenvalue weighted by Gasteiger charge is 2.14. The summed E-state index contributed by atoms with van der Waals surface area (Å²) >= 11 is 0. The van der Waals surface area contributed by atoms with Crippen LogP contribution in [0.15, 0.2) is 30.0 Å². The Kier molecular flexibility index (Phi) is 4.92. The largest absolute Gasteiger partial charge is 0.494 e. The maximum Gasteiger partial charge on any atom is 0.273 e. The Labute approximate surface area is 122 Å². The van der Waals surface area contributed by atoms with Crippen LogP contribution in [-0.4, -0.2) is 17.8 Å². The third-order valence-electron chi connectivity index (χ3n) is 3.51. The molecule has 1 aliphatic rings. The number of anilines is 1. The Morgan fingerprint density at radius 3 is 2.76 bits per heavy atom. The van der Waals surface area contributed by atoms with E-state index in [1.165, 1.54) is 19.2 Å². The molecule has 0 saturated heterocycles. The van der Waals surface area contributed by atoms with Gasteiger partial charge in [0.1, 0.15) is 5.75 Å². The average molecular weight is 290 g/mol. The van der Waals surface area contributed by atoms with Crippen LogP contribution in [0.1, 0.15) is 32.1 Å². The first-order valence-electron chi connectivity index (χ1n) is 6.93. The summed E-state index contributed by atoms with van der Waals surface area (Å²) < 4.78 is 5.15. The molecular formula is C15H18N2O4. The van der Waals surface area contributed by atoms with E-state index in [2.05, 4.69) is 5.32 Å². The summed E-state index contributed by atoms with van der Waals surface area (Å²) in [5, 5.41) is 13.8. The second-order valence-corrected chi connectivity index (χ2v) is 4.94. The lowest BCUT2D eigenvalue weighted by molar-refractivity contribution is -0.384. The summed E-state index contributed by atoms with van der Waals surface area (Å²) in [4.78, 5) is 22.2. The lowest BCUT2D eigenvalue weighted by Crippen LogP contribution is -2.03. The van der Waals surface area contributed by atoms with Gasteiger partial charge in [-0.3, -0.25) is 14.9 Å². The summed E-state index contributed by atoms with van der Waals surface area (Å²) in [6.45, 7) is 0. The Morgan fingerprint density at radius 2 is 2.05 bits per heavy atom. The van der Waals surface area contributed by atoms with E-state index in [1.54, 1.807) is 12.3 Å². The number of nitro groups is 1. The monoisotopic (exact) mass is 290 g/mol. The van der Waals surface area contributed by atoms with Crippen LogP contribution in [0.3, 0.4) is 0 Å². The topological polar surface area (TPSA) is 81.5 Å². The van der Waals surface area contributed by atoms with Crippen molar-refractivity contribution in [2.75, 3.05) is 12.4 Å². The van der Waals surface area contributed by atoms with E-state index in [4.69, 9.17) is 4.74 Å². The predicted octanol–water partition coefficient (Wildman–Crippen LogP) is 3.43. The molecule has 0 unspecified atom stereocenters. The second-order valence-electron chi connectivity index (χ2n) is 4.94. The predicted molar refractivity (Wildman–Crippen MR) is 79.4 cm³/mol. The van der Waals surface area contributed by atoms with Gasteiger partial charge in [-0.05, 0) is 25.3 Å². The van der Waals surface area contributed by atoms with Gasteiger partial charge in [0.2, 0.25) is 0 Å². The molecular weight excluding hydrogens is 272 g/mol.